The lowest BCUT2D eigenvalue weighted by atomic mass is 9.64. The Bertz CT molecular complexity index is 2200. The predicted octanol–water partition coefficient (Wildman–Crippen LogP) is 6.09. The summed E-state index contributed by atoms with van der Waals surface area (Å²) in [5.74, 6) is -9.57. The number of imidazole rings is 1. The molecule has 6 amide bonds. The molecule has 2 saturated heterocycles. The maximum absolute atomic E-state index is 14.9. The fraction of sp³-hybridized carbons (Fsp3) is 0.681. The van der Waals surface area contributed by atoms with Gasteiger partial charge >= 0.3 is 6.18 Å². The van der Waals surface area contributed by atoms with Crippen molar-refractivity contribution in [1.29, 1.82) is 0 Å². The molecule has 0 bridgehead atoms. The molecule has 376 valence electrons. The van der Waals surface area contributed by atoms with Crippen LogP contribution in [-0.2, 0) is 42.2 Å². The molecule has 4 fully saturated rings. The summed E-state index contributed by atoms with van der Waals surface area (Å²) in [6, 6.07) is -1.25. The quantitative estimate of drug-likeness (QED) is 0.258. The Kier molecular flexibility index (Phi) is 16.2. The number of likely N-dealkylation sites (N-methyl/N-ethyl adjacent to an activating group) is 3. The molecule has 2 aliphatic carbocycles. The van der Waals surface area contributed by atoms with Gasteiger partial charge in [-0.1, -0.05) is 57.2 Å². The van der Waals surface area contributed by atoms with Crippen molar-refractivity contribution in [3.8, 4) is 11.3 Å². The number of halogens is 7. The Balaban J connectivity index is 1.25. The summed E-state index contributed by atoms with van der Waals surface area (Å²) in [7, 11) is 6.41. The van der Waals surface area contributed by atoms with Gasteiger partial charge in [0, 0.05) is 77.2 Å². The fourth-order valence-corrected chi connectivity index (χ4v) is 10.0. The number of aryl methyl sites for hydroxylation is 1. The van der Waals surface area contributed by atoms with Crippen molar-refractivity contribution in [1.82, 2.24) is 39.8 Å². The molecule has 1 aromatic carbocycles. The molecule has 21 heteroatoms. The van der Waals surface area contributed by atoms with E-state index in [9.17, 15) is 55.1 Å². The number of likely N-dealkylation sites (tertiary alicyclic amines) is 1. The fourth-order valence-electron chi connectivity index (χ4n) is 9.84. The summed E-state index contributed by atoms with van der Waals surface area (Å²) in [6.45, 7) is 3.22. The molecule has 2 N–H and O–H groups in total. The monoisotopic (exact) mass is 984 g/mol. The first-order valence-corrected chi connectivity index (χ1v) is 23.8. The zero-order valence-electron chi connectivity index (χ0n) is 39.4. The number of amides is 6. The van der Waals surface area contributed by atoms with E-state index in [2.05, 4.69) is 15.6 Å². The normalized spacial score (nSPS) is 25.8. The van der Waals surface area contributed by atoms with E-state index < -0.39 is 115 Å². The van der Waals surface area contributed by atoms with Crippen LogP contribution in [-0.4, -0.2) is 147 Å². The Morgan fingerprint density at radius 3 is 2.25 bits per heavy atom. The van der Waals surface area contributed by atoms with E-state index in [-0.39, 0.29) is 31.1 Å². The minimum Gasteiger partial charge on any atom is -0.344 e. The van der Waals surface area contributed by atoms with Crippen molar-refractivity contribution in [2.75, 3.05) is 34.2 Å². The van der Waals surface area contributed by atoms with Crippen LogP contribution in [0.3, 0.4) is 0 Å². The average Bonchev–Trinajstić information content (AvgIpc) is 3.89. The van der Waals surface area contributed by atoms with Crippen LogP contribution in [0.1, 0.15) is 96.5 Å². The van der Waals surface area contributed by atoms with Crippen LogP contribution in [0.25, 0.3) is 11.3 Å². The third-order valence-corrected chi connectivity index (χ3v) is 14.1. The molecule has 68 heavy (non-hydrogen) atoms. The molecule has 0 spiro atoms. The maximum Gasteiger partial charge on any atom is 0.403 e. The SMILES string of the molecule is CC(C)C[C@@H]1NC(=O)[C@@H](N(C)C(=O)[C@@H](NC(=O)[C@@H]2C[C@@H](F)CN2C(=O)C2(C(F)(F)F)CC(F)(F)C2)C2CC2)CCCCCCCN(C)C(=O)[C@H](Cc2cc(Cl)ccc2-c2cn(C)cn2)N(C)C1=O. The average molecular weight is 986 g/mol. The predicted molar refractivity (Wildman–Crippen MR) is 240 cm³/mol. The van der Waals surface area contributed by atoms with Crippen molar-refractivity contribution in [2.45, 2.75) is 146 Å². The molecule has 6 atom stereocenters. The second-order valence-corrected chi connectivity index (χ2v) is 20.2. The smallest absolute Gasteiger partial charge is 0.344 e. The number of rotatable bonds is 11. The van der Waals surface area contributed by atoms with Crippen LogP contribution in [0.4, 0.5) is 26.3 Å². The third kappa shape index (κ3) is 11.7. The number of hydrogen-bond donors (Lipinski definition) is 2. The summed E-state index contributed by atoms with van der Waals surface area (Å²) in [5.41, 5.74) is -1.46. The van der Waals surface area contributed by atoms with Gasteiger partial charge in [-0.25, -0.2) is 18.2 Å². The van der Waals surface area contributed by atoms with Crippen LogP contribution in [0.15, 0.2) is 30.7 Å². The van der Waals surface area contributed by atoms with Gasteiger partial charge in [-0.15, -0.1) is 0 Å². The highest BCUT2D eigenvalue weighted by Crippen LogP contribution is 2.61. The molecular weight excluding hydrogens is 922 g/mol. The van der Waals surface area contributed by atoms with Gasteiger partial charge in [0.25, 0.3) is 5.92 Å². The second kappa shape index (κ2) is 21.0. The largest absolute Gasteiger partial charge is 0.403 e. The standard InChI is InChI=1S/C47H63ClF6N8O6/c1-27(2)18-33-41(65)61(6)37(20-29-19-30(48)15-16-32(29)34-23-58(3)26-55-34)42(66)59(4)17-11-9-7-8-10-12-35(39(63)56-33)60(5)43(67)38(28-13-14-28)57-40(64)36-21-31(49)22-62(36)44(68)45(47(52,53)54)24-46(50,51)25-45/h15-16,19,23,26-28,31,33,35-38H,7-14,17-18,20-22,24-25H2,1-6H3,(H,56,63)(H,57,64)/t31-,33+,35+,36+,37+,38+/m1/s1. The van der Waals surface area contributed by atoms with E-state index in [4.69, 9.17) is 11.6 Å². The van der Waals surface area contributed by atoms with Crippen LogP contribution < -0.4 is 10.6 Å². The zero-order valence-corrected chi connectivity index (χ0v) is 40.1. The first-order chi connectivity index (χ1) is 31.8. The summed E-state index contributed by atoms with van der Waals surface area (Å²) in [5, 5.41) is 5.85. The second-order valence-electron chi connectivity index (χ2n) is 19.8. The number of alkyl halides is 6. The van der Waals surface area contributed by atoms with Gasteiger partial charge in [-0.2, -0.15) is 13.2 Å². The van der Waals surface area contributed by atoms with Crippen LogP contribution in [0, 0.1) is 17.3 Å². The highest BCUT2D eigenvalue weighted by molar-refractivity contribution is 6.30. The van der Waals surface area contributed by atoms with E-state index in [1.165, 1.54) is 23.9 Å². The van der Waals surface area contributed by atoms with Gasteiger partial charge < -0.3 is 34.8 Å². The summed E-state index contributed by atoms with van der Waals surface area (Å²) in [4.78, 5) is 94.5. The van der Waals surface area contributed by atoms with Gasteiger partial charge in [0.05, 0.1) is 18.6 Å². The van der Waals surface area contributed by atoms with E-state index in [1.807, 2.05) is 33.2 Å². The Labute approximate surface area is 397 Å². The summed E-state index contributed by atoms with van der Waals surface area (Å²) >= 11 is 6.50. The van der Waals surface area contributed by atoms with Gasteiger partial charge in [0.15, 0.2) is 5.41 Å². The van der Waals surface area contributed by atoms with E-state index in [0.717, 1.165) is 18.4 Å². The van der Waals surface area contributed by atoms with Gasteiger partial charge in [-0.05, 0) is 61.6 Å². The van der Waals surface area contributed by atoms with Crippen molar-refractivity contribution in [3.63, 3.8) is 0 Å². The van der Waals surface area contributed by atoms with Crippen molar-refractivity contribution >= 4 is 47.0 Å². The molecule has 4 aliphatic rings. The number of benzene rings is 1. The molecule has 2 aromatic rings. The van der Waals surface area contributed by atoms with Gasteiger partial charge in [0.1, 0.15) is 36.4 Å². The van der Waals surface area contributed by atoms with Crippen molar-refractivity contribution in [3.05, 3.63) is 41.3 Å². The van der Waals surface area contributed by atoms with Gasteiger partial charge in [-0.3, -0.25) is 28.8 Å². The molecule has 0 unspecified atom stereocenters. The van der Waals surface area contributed by atoms with E-state index >= 15 is 0 Å². The van der Waals surface area contributed by atoms with E-state index in [0.29, 0.717) is 59.8 Å². The highest BCUT2D eigenvalue weighted by atomic mass is 35.5. The molecule has 0 radical (unpaired) electrons. The molecular formula is C47H63ClF6N8O6. The lowest BCUT2D eigenvalue weighted by Gasteiger charge is -2.48. The van der Waals surface area contributed by atoms with Crippen molar-refractivity contribution < 1.29 is 55.1 Å². The Morgan fingerprint density at radius 2 is 1.65 bits per heavy atom. The number of nitrogens with one attached hydrogen (secondary N) is 2. The number of carbonyl (C=O) groups is 6. The summed E-state index contributed by atoms with van der Waals surface area (Å²) in [6.07, 6.45) is -3.67. The maximum atomic E-state index is 14.9. The van der Waals surface area contributed by atoms with Gasteiger partial charge in [0.2, 0.25) is 35.4 Å². The first kappa shape index (κ1) is 52.5. The Hall–Kier alpha value is -4.88. The van der Waals surface area contributed by atoms with Crippen LogP contribution in [0.5, 0.6) is 0 Å². The van der Waals surface area contributed by atoms with Crippen molar-refractivity contribution in [2.24, 2.45) is 24.3 Å². The van der Waals surface area contributed by atoms with Crippen LogP contribution >= 0.6 is 11.6 Å². The lowest BCUT2D eigenvalue weighted by molar-refractivity contribution is -0.299. The number of hydrogen-bond acceptors (Lipinski definition) is 7. The van der Waals surface area contributed by atoms with E-state index in [1.54, 1.807) is 35.0 Å². The molecule has 6 rings (SSSR count). The number of nitrogens with zero attached hydrogens (tertiary/aromatic N) is 6. The highest BCUT2D eigenvalue weighted by Gasteiger charge is 2.75. The minimum absolute atomic E-state index is 0.0618. The summed E-state index contributed by atoms with van der Waals surface area (Å²) < 4.78 is 87.1. The third-order valence-electron chi connectivity index (χ3n) is 13.9. The number of carbonyl (C=O) groups excluding carboxylic acids is 6. The molecule has 14 nitrogen and oxygen atoms in total. The topological polar surface area (TPSA) is 157 Å². The molecule has 2 saturated carbocycles. The Morgan fingerprint density at radius 1 is 0.985 bits per heavy atom. The lowest BCUT2D eigenvalue weighted by Crippen LogP contribution is -2.65. The first-order valence-electron chi connectivity index (χ1n) is 23.4. The molecule has 2 aliphatic heterocycles. The molecule has 1 aromatic heterocycles. The van der Waals surface area contributed by atoms with Crippen LogP contribution in [0.2, 0.25) is 5.02 Å². The minimum atomic E-state index is -5.40. The molecule has 3 heterocycles. The number of aromatic nitrogens is 2. The zero-order chi connectivity index (χ0) is 50.0.